The van der Waals surface area contributed by atoms with Gasteiger partial charge in [-0.15, -0.1) is 11.6 Å². The molecular weight excluding hydrogens is 534 g/mol. The first-order valence-corrected chi connectivity index (χ1v) is 12.9. The molecule has 1 unspecified atom stereocenters. The number of aromatic amines is 1. The Balaban J connectivity index is 1.86. The third kappa shape index (κ3) is 6.70. The van der Waals surface area contributed by atoms with Crippen LogP contribution >= 0.6 is 19.3 Å². The maximum Gasteiger partial charge on any atom is 0.459 e. The molecule has 0 bridgehead atoms. The fraction of sp³-hybridized carbons (Fsp3) is 0.476. The number of aliphatic hydroxyl groups is 1. The molecule has 3 N–H and O–H groups in total. The number of hydrogen-bond acceptors (Lipinski definition) is 9. The van der Waals surface area contributed by atoms with E-state index >= 15 is 0 Å². The third-order valence-electron chi connectivity index (χ3n) is 5.22. The molecule has 2 radical (unpaired) electrons. The van der Waals surface area contributed by atoms with E-state index in [1.807, 2.05) is 4.98 Å². The van der Waals surface area contributed by atoms with Gasteiger partial charge in [0.15, 0.2) is 6.23 Å². The Labute approximate surface area is 217 Å². The number of benzene rings is 1. The summed E-state index contributed by atoms with van der Waals surface area (Å²) in [5, 5.41) is 13.1. The van der Waals surface area contributed by atoms with Crippen molar-refractivity contribution in [3.63, 3.8) is 0 Å². The summed E-state index contributed by atoms with van der Waals surface area (Å²) in [6.07, 6.45) is -3.41. The van der Waals surface area contributed by atoms with Crippen LogP contribution in [-0.4, -0.2) is 64.2 Å². The van der Waals surface area contributed by atoms with Gasteiger partial charge in [-0.3, -0.25) is 23.7 Å². The molecule has 0 amide bonds. The summed E-state index contributed by atoms with van der Waals surface area (Å²) in [5.41, 5.74) is -3.17. The van der Waals surface area contributed by atoms with Crippen LogP contribution in [-0.2, 0) is 23.4 Å². The molecule has 1 saturated heterocycles. The lowest BCUT2D eigenvalue weighted by molar-refractivity contribution is -0.149. The first-order chi connectivity index (χ1) is 17.2. The average molecular weight is 560 g/mol. The van der Waals surface area contributed by atoms with Crippen LogP contribution in [0.1, 0.15) is 27.0 Å². The van der Waals surface area contributed by atoms with Crippen LogP contribution in [0.3, 0.4) is 0 Å². The van der Waals surface area contributed by atoms with Gasteiger partial charge in [0.05, 0.1) is 24.1 Å². The molecule has 1 fully saturated rings. The van der Waals surface area contributed by atoms with Gasteiger partial charge < -0.3 is 19.1 Å². The molecule has 0 spiro atoms. The van der Waals surface area contributed by atoms with Crippen LogP contribution < -0.4 is 20.9 Å². The van der Waals surface area contributed by atoms with Gasteiger partial charge in [-0.1, -0.05) is 6.07 Å². The summed E-state index contributed by atoms with van der Waals surface area (Å²) in [4.78, 5) is 38.0. The predicted octanol–water partition coefficient (Wildman–Crippen LogP) is 1.17. The highest BCUT2D eigenvalue weighted by atomic mass is 35.5. The van der Waals surface area contributed by atoms with E-state index in [9.17, 15) is 28.4 Å². The first-order valence-electron chi connectivity index (χ1n) is 11.0. The summed E-state index contributed by atoms with van der Waals surface area (Å²) >= 11 is 6.28. The van der Waals surface area contributed by atoms with Crippen molar-refractivity contribution in [2.45, 2.75) is 49.5 Å². The highest BCUT2D eigenvalue weighted by Crippen LogP contribution is 2.48. The summed E-state index contributed by atoms with van der Waals surface area (Å²) < 4.78 is 47.7. The fourth-order valence-electron chi connectivity index (χ4n) is 3.41. The Bertz CT molecular complexity index is 1300. The molecule has 5 atom stereocenters. The standard InChI is InChI=1S/C21H25BClFN3O9P/c1-4-33-18(30)20(2,3)26-37(32,36-13-7-5-6-12(24)10-13)34-11-14-16(29)21(22,23)17(35-14)27-9-8-15(28)25-19(27)31/h5-10,14,16-17,29H,4,11H2,1-3H3,(H,26,32)(H,25,28,31)/t14-,16-,17-,21+,37?/m1/s1. The van der Waals surface area contributed by atoms with Gasteiger partial charge in [0.2, 0.25) is 0 Å². The van der Waals surface area contributed by atoms with Gasteiger partial charge in [0.1, 0.15) is 31.1 Å². The Kier molecular flexibility index (Phi) is 8.73. The molecule has 2 aromatic rings. The van der Waals surface area contributed by atoms with Crippen molar-refractivity contribution >= 4 is 33.2 Å². The van der Waals surface area contributed by atoms with E-state index in [2.05, 4.69) is 5.09 Å². The second-order valence-electron chi connectivity index (χ2n) is 8.62. The molecule has 1 aromatic heterocycles. The highest BCUT2D eigenvalue weighted by molar-refractivity contribution is 7.52. The third-order valence-corrected chi connectivity index (χ3v) is 7.41. The number of carbonyl (C=O) groups is 1. The van der Waals surface area contributed by atoms with Crippen LogP contribution in [0.5, 0.6) is 5.75 Å². The number of alkyl halides is 1. The number of halogens is 2. The molecule has 0 saturated carbocycles. The smallest absolute Gasteiger partial charge is 0.459 e. The van der Waals surface area contributed by atoms with Gasteiger partial charge in [0.25, 0.3) is 5.56 Å². The lowest BCUT2D eigenvalue weighted by Gasteiger charge is -2.30. The summed E-state index contributed by atoms with van der Waals surface area (Å²) in [5.74, 6) is -1.66. The predicted molar refractivity (Wildman–Crippen MR) is 130 cm³/mol. The van der Waals surface area contributed by atoms with E-state index in [4.69, 9.17) is 38.0 Å². The van der Waals surface area contributed by atoms with E-state index in [1.54, 1.807) is 6.92 Å². The minimum atomic E-state index is -4.50. The van der Waals surface area contributed by atoms with Crippen molar-refractivity contribution in [1.82, 2.24) is 14.6 Å². The fourth-order valence-corrected chi connectivity index (χ4v) is 5.38. The normalized spacial score (nSPS) is 25.4. The van der Waals surface area contributed by atoms with Crippen LogP contribution in [0.15, 0.2) is 46.1 Å². The van der Waals surface area contributed by atoms with Crippen LogP contribution in [0.2, 0.25) is 0 Å². The highest BCUT2D eigenvalue weighted by Gasteiger charge is 2.53. The minimum Gasteiger partial charge on any atom is -0.465 e. The van der Waals surface area contributed by atoms with Crippen LogP contribution in [0.4, 0.5) is 4.39 Å². The Morgan fingerprint density at radius 3 is 2.73 bits per heavy atom. The topological polar surface area (TPSA) is 158 Å². The van der Waals surface area contributed by atoms with E-state index < -0.39 is 66.1 Å². The first kappa shape index (κ1) is 29.1. The van der Waals surface area contributed by atoms with Gasteiger partial charge in [-0.2, -0.15) is 5.09 Å². The Hall–Kier alpha value is -2.48. The summed E-state index contributed by atoms with van der Waals surface area (Å²) in [6.45, 7) is 3.68. The van der Waals surface area contributed by atoms with Crippen LogP contribution in [0.25, 0.3) is 0 Å². The molecule has 1 aliphatic heterocycles. The molecule has 1 aromatic carbocycles. The number of hydrogen-bond donors (Lipinski definition) is 3. The molecule has 200 valence electrons. The number of aliphatic hydroxyl groups excluding tert-OH is 1. The van der Waals surface area contributed by atoms with Crippen molar-refractivity contribution in [2.75, 3.05) is 13.2 Å². The SMILES string of the molecule is [B][C@]1(Cl)[C@H](O)[C@@H](COP(=O)(NC(C)(C)C(=O)OCC)Oc2cccc(F)c2)O[C@H]1n1ccc(=O)[nH]c1=O. The van der Waals surface area contributed by atoms with Gasteiger partial charge >= 0.3 is 19.4 Å². The number of carbonyl (C=O) groups excluding carboxylic acids is 1. The largest absolute Gasteiger partial charge is 0.465 e. The Morgan fingerprint density at radius 2 is 2.11 bits per heavy atom. The number of aromatic nitrogens is 2. The summed E-state index contributed by atoms with van der Waals surface area (Å²) in [7, 11) is 1.52. The molecule has 0 aliphatic carbocycles. The second kappa shape index (κ2) is 11.1. The second-order valence-corrected chi connectivity index (χ2v) is 10.9. The van der Waals surface area contributed by atoms with Gasteiger partial charge in [-0.25, -0.2) is 13.8 Å². The van der Waals surface area contributed by atoms with Crippen molar-refractivity contribution in [2.24, 2.45) is 0 Å². The van der Waals surface area contributed by atoms with E-state index in [-0.39, 0.29) is 12.4 Å². The molecule has 2 heterocycles. The zero-order chi connectivity index (χ0) is 27.6. The van der Waals surface area contributed by atoms with Crippen molar-refractivity contribution in [3.8, 4) is 5.75 Å². The molecule has 3 rings (SSSR count). The lowest BCUT2D eigenvalue weighted by atomic mass is 9.79. The number of esters is 1. The minimum absolute atomic E-state index is 0.0434. The van der Waals surface area contributed by atoms with Crippen molar-refractivity contribution in [1.29, 1.82) is 0 Å². The molecule has 37 heavy (non-hydrogen) atoms. The molecule has 1 aliphatic rings. The molecule has 12 nitrogen and oxygen atoms in total. The number of nitrogens with zero attached hydrogens (tertiary/aromatic N) is 1. The maximum absolute atomic E-state index is 13.7. The number of nitrogens with one attached hydrogen (secondary N) is 2. The van der Waals surface area contributed by atoms with Crippen molar-refractivity contribution in [3.05, 3.63) is 63.2 Å². The zero-order valence-electron chi connectivity index (χ0n) is 20.1. The van der Waals surface area contributed by atoms with Gasteiger partial charge in [0, 0.05) is 18.3 Å². The number of ether oxygens (including phenoxy) is 2. The Morgan fingerprint density at radius 1 is 1.41 bits per heavy atom. The quantitative estimate of drug-likeness (QED) is 0.167. The zero-order valence-corrected chi connectivity index (χ0v) is 21.7. The van der Waals surface area contributed by atoms with Gasteiger partial charge in [-0.05, 0) is 32.9 Å². The van der Waals surface area contributed by atoms with Crippen molar-refractivity contribution < 1.29 is 37.4 Å². The summed E-state index contributed by atoms with van der Waals surface area (Å²) in [6, 6.07) is 5.71. The number of H-pyrrole nitrogens is 1. The van der Waals surface area contributed by atoms with Crippen LogP contribution in [0, 0.1) is 5.82 Å². The molecule has 16 heteroatoms. The molecular formula is C21H25BClFN3O9P. The monoisotopic (exact) mass is 559 g/mol. The lowest BCUT2D eigenvalue weighted by Crippen LogP contribution is -2.47. The van der Waals surface area contributed by atoms with E-state index in [0.29, 0.717) is 0 Å². The number of rotatable bonds is 10. The van der Waals surface area contributed by atoms with E-state index in [1.165, 1.54) is 26.0 Å². The maximum atomic E-state index is 13.7. The average Bonchev–Trinajstić information content (AvgIpc) is 3.01. The van der Waals surface area contributed by atoms with E-state index in [0.717, 1.165) is 29.0 Å².